The molecule has 0 heterocycles. The summed E-state index contributed by atoms with van der Waals surface area (Å²) in [6, 6.07) is 13.2. The number of benzene rings is 2. The van der Waals surface area contributed by atoms with Crippen molar-refractivity contribution in [3.05, 3.63) is 53.6 Å². The van der Waals surface area contributed by atoms with Gasteiger partial charge in [-0.05, 0) is 55.7 Å². The lowest BCUT2D eigenvalue weighted by atomic mass is 10.1. The first-order valence-electron chi connectivity index (χ1n) is 7.73. The van der Waals surface area contributed by atoms with E-state index in [1.54, 1.807) is 19.2 Å². The molecule has 2 aromatic rings. The van der Waals surface area contributed by atoms with Crippen molar-refractivity contribution in [1.29, 1.82) is 0 Å². The van der Waals surface area contributed by atoms with Gasteiger partial charge in [-0.1, -0.05) is 25.1 Å². The molecule has 1 atom stereocenters. The van der Waals surface area contributed by atoms with Crippen LogP contribution in [0.25, 0.3) is 0 Å². The zero-order valence-corrected chi connectivity index (χ0v) is 14.1. The number of ether oxygens (including phenoxy) is 2. The van der Waals surface area contributed by atoms with Gasteiger partial charge in [-0.3, -0.25) is 4.79 Å². The van der Waals surface area contributed by atoms with Crippen LogP contribution in [0, 0.1) is 13.8 Å². The number of hydrogen-bond acceptors (Lipinski definition) is 3. The molecule has 0 aliphatic heterocycles. The number of anilines is 1. The van der Waals surface area contributed by atoms with Gasteiger partial charge in [0.1, 0.15) is 11.5 Å². The molecule has 0 spiro atoms. The molecular weight excluding hydrogens is 290 g/mol. The van der Waals surface area contributed by atoms with Crippen LogP contribution in [0.15, 0.2) is 42.5 Å². The number of hydrogen-bond donors (Lipinski definition) is 1. The second kappa shape index (κ2) is 7.68. The minimum absolute atomic E-state index is 0.185. The molecule has 1 N–H and O–H groups in total. The Morgan fingerprint density at radius 1 is 1.13 bits per heavy atom. The van der Waals surface area contributed by atoms with Gasteiger partial charge in [0, 0.05) is 0 Å². The fourth-order valence-corrected chi connectivity index (χ4v) is 2.23. The van der Waals surface area contributed by atoms with E-state index in [-0.39, 0.29) is 5.91 Å². The summed E-state index contributed by atoms with van der Waals surface area (Å²) in [5.41, 5.74) is 2.98. The van der Waals surface area contributed by atoms with Crippen molar-refractivity contribution in [2.75, 3.05) is 12.4 Å². The van der Waals surface area contributed by atoms with Crippen LogP contribution in [0.2, 0.25) is 0 Å². The SMILES string of the molecule is CC[C@H](Oc1ccc(C)c(C)c1)C(=O)Nc1ccccc1OC. The summed E-state index contributed by atoms with van der Waals surface area (Å²) in [5, 5.41) is 2.87. The van der Waals surface area contributed by atoms with Crippen LogP contribution in [0.1, 0.15) is 24.5 Å². The lowest BCUT2D eigenvalue weighted by molar-refractivity contribution is -0.122. The number of amides is 1. The molecule has 2 rings (SSSR count). The molecule has 0 fully saturated rings. The molecule has 0 saturated carbocycles. The Balaban J connectivity index is 2.10. The predicted octanol–water partition coefficient (Wildman–Crippen LogP) is 4.11. The third-order valence-electron chi connectivity index (χ3n) is 3.78. The summed E-state index contributed by atoms with van der Waals surface area (Å²) in [7, 11) is 1.58. The van der Waals surface area contributed by atoms with Crippen molar-refractivity contribution < 1.29 is 14.3 Å². The second-order valence-corrected chi connectivity index (χ2v) is 5.45. The van der Waals surface area contributed by atoms with Crippen molar-refractivity contribution in [3.8, 4) is 11.5 Å². The molecule has 0 aromatic heterocycles. The summed E-state index contributed by atoms with van der Waals surface area (Å²) in [6.45, 7) is 6.00. The van der Waals surface area contributed by atoms with Crippen molar-refractivity contribution in [2.24, 2.45) is 0 Å². The smallest absolute Gasteiger partial charge is 0.265 e. The topological polar surface area (TPSA) is 47.6 Å². The van der Waals surface area contributed by atoms with Gasteiger partial charge in [0.15, 0.2) is 6.10 Å². The Bertz CT molecular complexity index is 682. The number of rotatable bonds is 6. The standard InChI is InChI=1S/C19H23NO3/c1-5-17(23-15-11-10-13(2)14(3)12-15)19(21)20-16-8-6-7-9-18(16)22-4/h6-12,17H,5H2,1-4H3,(H,20,21)/t17-/m0/s1. The summed E-state index contributed by atoms with van der Waals surface area (Å²) >= 11 is 0. The molecule has 0 bridgehead atoms. The fourth-order valence-electron chi connectivity index (χ4n) is 2.23. The highest BCUT2D eigenvalue weighted by atomic mass is 16.5. The average Bonchev–Trinajstić information content (AvgIpc) is 2.56. The Hall–Kier alpha value is -2.49. The highest BCUT2D eigenvalue weighted by Crippen LogP contribution is 2.24. The van der Waals surface area contributed by atoms with E-state index in [2.05, 4.69) is 5.32 Å². The van der Waals surface area contributed by atoms with E-state index in [1.165, 1.54) is 5.56 Å². The third kappa shape index (κ3) is 4.25. The first-order valence-corrected chi connectivity index (χ1v) is 7.73. The normalized spacial score (nSPS) is 11.7. The minimum Gasteiger partial charge on any atom is -0.495 e. The third-order valence-corrected chi connectivity index (χ3v) is 3.78. The molecule has 122 valence electrons. The first kappa shape index (κ1) is 16.9. The molecule has 0 radical (unpaired) electrons. The van der Waals surface area contributed by atoms with E-state index in [4.69, 9.17) is 9.47 Å². The van der Waals surface area contributed by atoms with Gasteiger partial charge >= 0.3 is 0 Å². The first-order chi connectivity index (χ1) is 11.0. The lowest BCUT2D eigenvalue weighted by Crippen LogP contribution is -2.32. The van der Waals surface area contributed by atoms with Crippen molar-refractivity contribution >= 4 is 11.6 Å². The van der Waals surface area contributed by atoms with Crippen molar-refractivity contribution in [3.63, 3.8) is 0 Å². The maximum absolute atomic E-state index is 12.5. The maximum Gasteiger partial charge on any atom is 0.265 e. The second-order valence-electron chi connectivity index (χ2n) is 5.45. The zero-order chi connectivity index (χ0) is 16.8. The maximum atomic E-state index is 12.5. The predicted molar refractivity (Wildman–Crippen MR) is 92.2 cm³/mol. The van der Waals surface area contributed by atoms with E-state index < -0.39 is 6.10 Å². The van der Waals surface area contributed by atoms with E-state index in [1.807, 2.05) is 51.1 Å². The average molecular weight is 313 g/mol. The summed E-state index contributed by atoms with van der Waals surface area (Å²) in [5.74, 6) is 1.15. The van der Waals surface area contributed by atoms with Gasteiger partial charge < -0.3 is 14.8 Å². The van der Waals surface area contributed by atoms with Gasteiger partial charge in [-0.2, -0.15) is 0 Å². The van der Waals surface area contributed by atoms with Crippen LogP contribution in [-0.4, -0.2) is 19.1 Å². The zero-order valence-electron chi connectivity index (χ0n) is 14.1. The van der Waals surface area contributed by atoms with Gasteiger partial charge in [0.25, 0.3) is 5.91 Å². The minimum atomic E-state index is -0.554. The molecule has 0 unspecified atom stereocenters. The van der Waals surface area contributed by atoms with Gasteiger partial charge in [-0.25, -0.2) is 0 Å². The molecule has 4 nitrogen and oxygen atoms in total. The van der Waals surface area contributed by atoms with Crippen LogP contribution in [-0.2, 0) is 4.79 Å². The lowest BCUT2D eigenvalue weighted by Gasteiger charge is -2.18. The molecule has 23 heavy (non-hydrogen) atoms. The Labute approximate surface area is 137 Å². The number of methoxy groups -OCH3 is 1. The summed E-state index contributed by atoms with van der Waals surface area (Å²) in [4.78, 5) is 12.5. The van der Waals surface area contributed by atoms with Crippen molar-refractivity contribution in [1.82, 2.24) is 0 Å². The van der Waals surface area contributed by atoms with Gasteiger partial charge in [0.2, 0.25) is 0 Å². The molecule has 0 saturated heterocycles. The monoisotopic (exact) mass is 313 g/mol. The molecule has 0 aliphatic carbocycles. The Kier molecular flexibility index (Phi) is 5.63. The van der Waals surface area contributed by atoms with Crippen molar-refractivity contribution in [2.45, 2.75) is 33.3 Å². The molecule has 1 amide bonds. The summed E-state index contributed by atoms with van der Waals surface area (Å²) < 4.78 is 11.1. The van der Waals surface area contributed by atoms with E-state index >= 15 is 0 Å². The Morgan fingerprint density at radius 2 is 1.87 bits per heavy atom. The van der Waals surface area contributed by atoms with E-state index in [9.17, 15) is 4.79 Å². The van der Waals surface area contributed by atoms with Gasteiger partial charge in [-0.15, -0.1) is 0 Å². The number of carbonyl (C=O) groups is 1. The van der Waals surface area contributed by atoms with E-state index in [0.29, 0.717) is 23.6 Å². The molecular formula is C19H23NO3. The number of nitrogens with one attached hydrogen (secondary N) is 1. The molecule has 2 aromatic carbocycles. The van der Waals surface area contributed by atoms with Gasteiger partial charge in [0.05, 0.1) is 12.8 Å². The largest absolute Gasteiger partial charge is 0.495 e. The van der Waals surface area contributed by atoms with Crippen LogP contribution >= 0.6 is 0 Å². The highest BCUT2D eigenvalue weighted by Gasteiger charge is 2.19. The van der Waals surface area contributed by atoms with E-state index in [0.717, 1.165) is 5.56 Å². The number of aryl methyl sites for hydroxylation is 2. The van der Waals surface area contributed by atoms with Crippen LogP contribution in [0.5, 0.6) is 11.5 Å². The van der Waals surface area contributed by atoms with Crippen LogP contribution in [0.4, 0.5) is 5.69 Å². The Morgan fingerprint density at radius 3 is 2.52 bits per heavy atom. The summed E-state index contributed by atoms with van der Waals surface area (Å²) in [6.07, 6.45) is 0.0236. The fraction of sp³-hybridized carbons (Fsp3) is 0.316. The van der Waals surface area contributed by atoms with Crippen LogP contribution < -0.4 is 14.8 Å². The number of para-hydroxylation sites is 2. The quantitative estimate of drug-likeness (QED) is 0.873. The highest BCUT2D eigenvalue weighted by molar-refractivity contribution is 5.95. The number of carbonyl (C=O) groups excluding carboxylic acids is 1. The molecule has 0 aliphatic rings. The molecule has 4 heteroatoms. The van der Waals surface area contributed by atoms with Crippen LogP contribution in [0.3, 0.4) is 0 Å².